The summed E-state index contributed by atoms with van der Waals surface area (Å²) in [5.41, 5.74) is -0.339. The van der Waals surface area contributed by atoms with E-state index in [-0.39, 0.29) is 5.41 Å². The standard InChI is InChI=1S/C23H36O2/c24-22(25)23-13-4-3-7-21(23)20-11-10-17-16-6-2-1-5-15(16)8-9-18(17)19(20)12-14-23/h15-21H,1-14H2,(H,24,25). The SMILES string of the molecule is O=C(O)C12CCCCC1C1CCC3C4CCCCC4CCC3C1CC2. The third kappa shape index (κ3) is 2.45. The van der Waals surface area contributed by atoms with E-state index in [4.69, 9.17) is 0 Å². The second-order valence-corrected chi connectivity index (χ2v) is 10.4. The van der Waals surface area contributed by atoms with Crippen LogP contribution in [0.1, 0.15) is 89.9 Å². The van der Waals surface area contributed by atoms with Crippen LogP contribution in [0.5, 0.6) is 0 Å². The van der Waals surface area contributed by atoms with Crippen LogP contribution >= 0.6 is 0 Å². The molecule has 0 aromatic heterocycles. The molecular weight excluding hydrogens is 308 g/mol. The minimum absolute atomic E-state index is 0.339. The molecule has 0 spiro atoms. The van der Waals surface area contributed by atoms with Gasteiger partial charge in [-0.15, -0.1) is 0 Å². The lowest BCUT2D eigenvalue weighted by Crippen LogP contribution is -2.55. The third-order valence-electron chi connectivity index (χ3n) is 9.84. The largest absolute Gasteiger partial charge is 0.481 e. The smallest absolute Gasteiger partial charge is 0.309 e. The monoisotopic (exact) mass is 344 g/mol. The first kappa shape index (κ1) is 16.6. The van der Waals surface area contributed by atoms with Crippen LogP contribution in [-0.4, -0.2) is 11.1 Å². The van der Waals surface area contributed by atoms with E-state index >= 15 is 0 Å². The molecule has 0 aliphatic heterocycles. The van der Waals surface area contributed by atoms with Gasteiger partial charge in [0.25, 0.3) is 0 Å². The van der Waals surface area contributed by atoms with Crippen molar-refractivity contribution in [2.45, 2.75) is 89.9 Å². The highest BCUT2D eigenvalue weighted by atomic mass is 16.4. The Morgan fingerprint density at radius 2 is 1.32 bits per heavy atom. The Labute approximate surface area is 153 Å². The van der Waals surface area contributed by atoms with Gasteiger partial charge < -0.3 is 5.11 Å². The Hall–Kier alpha value is -0.530. The van der Waals surface area contributed by atoms with Gasteiger partial charge in [0.2, 0.25) is 0 Å². The summed E-state index contributed by atoms with van der Waals surface area (Å²) in [6, 6.07) is 0. The topological polar surface area (TPSA) is 37.3 Å². The summed E-state index contributed by atoms with van der Waals surface area (Å²) in [4.78, 5) is 12.3. The molecule has 0 radical (unpaired) electrons. The number of hydrogen-bond donors (Lipinski definition) is 1. The van der Waals surface area contributed by atoms with Gasteiger partial charge in [-0.3, -0.25) is 4.79 Å². The average Bonchev–Trinajstić information content (AvgIpc) is 2.66. The summed E-state index contributed by atoms with van der Waals surface area (Å²) in [5.74, 6) is 5.70. The minimum atomic E-state index is -0.450. The molecule has 2 nitrogen and oxygen atoms in total. The molecule has 5 rings (SSSR count). The molecule has 5 aliphatic carbocycles. The number of carboxylic acid groups (broad SMARTS) is 1. The van der Waals surface area contributed by atoms with Crippen molar-refractivity contribution in [3.63, 3.8) is 0 Å². The molecule has 0 heterocycles. The zero-order valence-corrected chi connectivity index (χ0v) is 15.8. The molecule has 140 valence electrons. The van der Waals surface area contributed by atoms with Gasteiger partial charge in [-0.25, -0.2) is 0 Å². The fourth-order valence-corrected chi connectivity index (χ4v) is 8.90. The van der Waals surface area contributed by atoms with E-state index in [1.165, 1.54) is 70.6 Å². The molecule has 5 aliphatic rings. The van der Waals surface area contributed by atoms with E-state index in [1.54, 1.807) is 0 Å². The van der Waals surface area contributed by atoms with Crippen molar-refractivity contribution in [3.8, 4) is 0 Å². The zero-order valence-electron chi connectivity index (χ0n) is 15.8. The normalized spacial score (nSPS) is 52.2. The Morgan fingerprint density at radius 3 is 2.20 bits per heavy atom. The van der Waals surface area contributed by atoms with Crippen LogP contribution in [0.2, 0.25) is 0 Å². The molecule has 0 bridgehead atoms. The Kier molecular flexibility index (Phi) is 4.17. The van der Waals surface area contributed by atoms with Gasteiger partial charge in [0.15, 0.2) is 0 Å². The van der Waals surface area contributed by atoms with Crippen molar-refractivity contribution >= 4 is 5.97 Å². The first-order chi connectivity index (χ1) is 12.2. The summed E-state index contributed by atoms with van der Waals surface area (Å²) in [5, 5.41) is 10.1. The van der Waals surface area contributed by atoms with Crippen molar-refractivity contribution in [2.24, 2.45) is 46.8 Å². The minimum Gasteiger partial charge on any atom is -0.481 e. The number of fused-ring (bicyclic) bond motifs is 7. The molecular formula is C23H36O2. The maximum absolute atomic E-state index is 12.3. The molecule has 8 atom stereocenters. The van der Waals surface area contributed by atoms with Gasteiger partial charge in [0.05, 0.1) is 5.41 Å². The lowest BCUT2D eigenvalue weighted by Gasteiger charge is -2.59. The van der Waals surface area contributed by atoms with Crippen LogP contribution in [0.15, 0.2) is 0 Å². The van der Waals surface area contributed by atoms with Crippen molar-refractivity contribution in [1.82, 2.24) is 0 Å². The molecule has 0 saturated heterocycles. The Morgan fingerprint density at radius 1 is 0.640 bits per heavy atom. The third-order valence-corrected chi connectivity index (χ3v) is 9.84. The molecule has 5 saturated carbocycles. The molecule has 2 heteroatoms. The van der Waals surface area contributed by atoms with E-state index in [2.05, 4.69) is 0 Å². The molecule has 1 N–H and O–H groups in total. The van der Waals surface area contributed by atoms with Crippen molar-refractivity contribution in [3.05, 3.63) is 0 Å². The number of carbonyl (C=O) groups is 1. The lowest BCUT2D eigenvalue weighted by molar-refractivity contribution is -0.170. The number of aliphatic carboxylic acids is 1. The van der Waals surface area contributed by atoms with Crippen LogP contribution in [0.3, 0.4) is 0 Å². The van der Waals surface area contributed by atoms with Crippen molar-refractivity contribution in [1.29, 1.82) is 0 Å². The molecule has 0 amide bonds. The van der Waals surface area contributed by atoms with Gasteiger partial charge in [-0.2, -0.15) is 0 Å². The van der Waals surface area contributed by atoms with Gasteiger partial charge in [0.1, 0.15) is 0 Å². The van der Waals surface area contributed by atoms with Gasteiger partial charge >= 0.3 is 5.97 Å². The summed E-state index contributed by atoms with van der Waals surface area (Å²) >= 11 is 0. The molecule has 25 heavy (non-hydrogen) atoms. The summed E-state index contributed by atoms with van der Waals surface area (Å²) < 4.78 is 0. The van der Waals surface area contributed by atoms with Crippen LogP contribution in [0.4, 0.5) is 0 Å². The molecule has 0 aromatic rings. The highest BCUT2D eigenvalue weighted by Gasteiger charge is 2.58. The van der Waals surface area contributed by atoms with Crippen LogP contribution in [-0.2, 0) is 4.79 Å². The van der Waals surface area contributed by atoms with Gasteiger partial charge in [0, 0.05) is 0 Å². The van der Waals surface area contributed by atoms with Crippen LogP contribution in [0, 0.1) is 46.8 Å². The summed E-state index contributed by atoms with van der Waals surface area (Å²) in [6.07, 6.45) is 18.5. The predicted molar refractivity (Wildman–Crippen MR) is 99.1 cm³/mol. The molecule has 5 fully saturated rings. The van der Waals surface area contributed by atoms with E-state index in [0.29, 0.717) is 5.92 Å². The maximum Gasteiger partial charge on any atom is 0.309 e. The van der Waals surface area contributed by atoms with Crippen molar-refractivity contribution < 1.29 is 9.90 Å². The summed E-state index contributed by atoms with van der Waals surface area (Å²) in [6.45, 7) is 0. The van der Waals surface area contributed by atoms with Crippen LogP contribution in [0.25, 0.3) is 0 Å². The van der Waals surface area contributed by atoms with Crippen LogP contribution < -0.4 is 0 Å². The quantitative estimate of drug-likeness (QED) is 0.643. The Bertz CT molecular complexity index is 528. The van der Waals surface area contributed by atoms with E-state index in [9.17, 15) is 9.90 Å². The lowest BCUT2D eigenvalue weighted by atomic mass is 9.45. The molecule has 0 aromatic carbocycles. The van der Waals surface area contributed by atoms with E-state index in [1.807, 2.05) is 0 Å². The molecule has 8 unspecified atom stereocenters. The number of carboxylic acids is 1. The van der Waals surface area contributed by atoms with E-state index < -0.39 is 5.97 Å². The number of hydrogen-bond acceptors (Lipinski definition) is 1. The number of rotatable bonds is 1. The highest BCUT2D eigenvalue weighted by Crippen LogP contribution is 2.63. The fraction of sp³-hybridized carbons (Fsp3) is 0.957. The van der Waals surface area contributed by atoms with E-state index in [0.717, 1.165) is 54.8 Å². The summed E-state index contributed by atoms with van der Waals surface area (Å²) in [7, 11) is 0. The fourth-order valence-electron chi connectivity index (χ4n) is 8.90. The second kappa shape index (κ2) is 6.27. The Balaban J connectivity index is 1.40. The maximum atomic E-state index is 12.3. The highest BCUT2D eigenvalue weighted by molar-refractivity contribution is 5.75. The first-order valence-electron chi connectivity index (χ1n) is 11.4. The predicted octanol–water partition coefficient (Wildman–Crippen LogP) is 5.90. The average molecular weight is 345 g/mol. The van der Waals surface area contributed by atoms with Crippen molar-refractivity contribution in [2.75, 3.05) is 0 Å². The first-order valence-corrected chi connectivity index (χ1v) is 11.4. The zero-order chi connectivity index (χ0) is 17.0. The second-order valence-electron chi connectivity index (χ2n) is 10.4. The van der Waals surface area contributed by atoms with Gasteiger partial charge in [-0.1, -0.05) is 32.1 Å². The van der Waals surface area contributed by atoms with Gasteiger partial charge in [-0.05, 0) is 99.2 Å².